The van der Waals surface area contributed by atoms with Gasteiger partial charge in [-0.1, -0.05) is 12.1 Å². The number of esters is 1. The van der Waals surface area contributed by atoms with Crippen molar-refractivity contribution in [1.82, 2.24) is 14.9 Å². The molecule has 8 heteroatoms. The molecule has 8 nitrogen and oxygen atoms in total. The number of piperazine rings is 1. The van der Waals surface area contributed by atoms with Gasteiger partial charge in [0.2, 0.25) is 5.95 Å². The maximum atomic E-state index is 12.3. The first-order chi connectivity index (χ1) is 13.5. The maximum absolute atomic E-state index is 12.3. The van der Waals surface area contributed by atoms with Gasteiger partial charge in [0.1, 0.15) is 5.75 Å². The minimum atomic E-state index is -0.790. The molecule has 1 aliphatic heterocycles. The lowest BCUT2D eigenvalue weighted by atomic mass is 10.2. The van der Waals surface area contributed by atoms with Crippen molar-refractivity contribution in [1.29, 1.82) is 0 Å². The predicted octanol–water partition coefficient (Wildman–Crippen LogP) is 1.44. The van der Waals surface area contributed by atoms with Crippen LogP contribution in [0.3, 0.4) is 0 Å². The lowest BCUT2D eigenvalue weighted by Crippen LogP contribution is -2.50. The third-order valence-electron chi connectivity index (χ3n) is 4.44. The first-order valence-corrected chi connectivity index (χ1v) is 9.22. The molecule has 28 heavy (non-hydrogen) atoms. The van der Waals surface area contributed by atoms with Crippen molar-refractivity contribution in [2.75, 3.05) is 37.7 Å². The summed E-state index contributed by atoms with van der Waals surface area (Å²) in [6.07, 6.45) is 2.60. The van der Waals surface area contributed by atoms with Crippen LogP contribution < -0.4 is 9.64 Å². The number of carbonyl (C=O) groups is 2. The zero-order chi connectivity index (χ0) is 19.9. The van der Waals surface area contributed by atoms with Gasteiger partial charge in [0.25, 0.3) is 5.91 Å². The number of aromatic nitrogens is 2. The van der Waals surface area contributed by atoms with Crippen molar-refractivity contribution >= 4 is 17.8 Å². The normalized spacial score (nSPS) is 15.1. The number of hydrogen-bond acceptors (Lipinski definition) is 7. The van der Waals surface area contributed by atoms with Crippen LogP contribution in [0.4, 0.5) is 5.95 Å². The number of hydrogen-bond donors (Lipinski definition) is 0. The molecule has 2 aromatic rings. The fourth-order valence-electron chi connectivity index (χ4n) is 2.89. The molecular weight excluding hydrogens is 360 g/mol. The Labute approximate surface area is 164 Å². The van der Waals surface area contributed by atoms with Gasteiger partial charge in [0.05, 0.1) is 0 Å². The molecule has 0 bridgehead atoms. The van der Waals surface area contributed by atoms with Crippen LogP contribution in [0.2, 0.25) is 0 Å². The number of nitrogens with zero attached hydrogens (tertiary/aromatic N) is 4. The molecule has 148 valence electrons. The Kier molecular flexibility index (Phi) is 6.41. The monoisotopic (exact) mass is 384 g/mol. The van der Waals surface area contributed by atoms with Gasteiger partial charge < -0.3 is 19.3 Å². The summed E-state index contributed by atoms with van der Waals surface area (Å²) < 4.78 is 10.7. The molecule has 0 spiro atoms. The summed E-state index contributed by atoms with van der Waals surface area (Å²) in [4.78, 5) is 36.6. The van der Waals surface area contributed by atoms with Crippen LogP contribution in [0.15, 0.2) is 42.7 Å². The van der Waals surface area contributed by atoms with Gasteiger partial charge in [-0.25, -0.2) is 14.8 Å². The third-order valence-corrected chi connectivity index (χ3v) is 4.44. The molecule has 2 heterocycles. The van der Waals surface area contributed by atoms with Crippen molar-refractivity contribution in [2.45, 2.75) is 20.0 Å². The molecule has 1 saturated heterocycles. The van der Waals surface area contributed by atoms with Crippen molar-refractivity contribution in [3.05, 3.63) is 48.3 Å². The third kappa shape index (κ3) is 5.18. The van der Waals surface area contributed by atoms with E-state index in [1.807, 2.05) is 30.0 Å². The Morgan fingerprint density at radius 3 is 2.50 bits per heavy atom. The van der Waals surface area contributed by atoms with E-state index in [1.54, 1.807) is 36.4 Å². The molecule has 0 unspecified atom stereocenters. The molecule has 0 N–H and O–H groups in total. The lowest BCUT2D eigenvalue weighted by Gasteiger charge is -2.34. The van der Waals surface area contributed by atoms with E-state index in [9.17, 15) is 9.59 Å². The quantitative estimate of drug-likeness (QED) is 0.697. The van der Waals surface area contributed by atoms with E-state index >= 15 is 0 Å². The Morgan fingerprint density at radius 1 is 1.11 bits per heavy atom. The molecule has 1 amide bonds. The molecule has 1 atom stereocenters. The van der Waals surface area contributed by atoms with Gasteiger partial charge in [-0.15, -0.1) is 0 Å². The van der Waals surface area contributed by atoms with E-state index in [-0.39, 0.29) is 12.5 Å². The summed E-state index contributed by atoms with van der Waals surface area (Å²) in [6.45, 7) is 5.59. The van der Waals surface area contributed by atoms with Crippen molar-refractivity contribution in [3.8, 4) is 5.75 Å². The summed E-state index contributed by atoms with van der Waals surface area (Å²) in [5.74, 6) is 0.467. The second kappa shape index (κ2) is 9.16. The molecule has 0 radical (unpaired) electrons. The Balaban J connectivity index is 1.42. The Morgan fingerprint density at radius 2 is 1.82 bits per heavy atom. The zero-order valence-electron chi connectivity index (χ0n) is 16.1. The SMILES string of the molecule is Cc1cccc(O[C@@H](C)C(=O)OCC(=O)N2CCN(c3ncccn3)CC2)c1. The highest BCUT2D eigenvalue weighted by molar-refractivity contribution is 5.82. The average Bonchev–Trinajstić information content (AvgIpc) is 2.72. The van der Waals surface area contributed by atoms with Gasteiger partial charge in [0, 0.05) is 38.6 Å². The van der Waals surface area contributed by atoms with Crippen LogP contribution in [0.1, 0.15) is 12.5 Å². The molecule has 1 aliphatic rings. The fraction of sp³-hybridized carbons (Fsp3) is 0.400. The summed E-state index contributed by atoms with van der Waals surface area (Å²) in [5, 5.41) is 0. The van der Waals surface area contributed by atoms with E-state index < -0.39 is 12.1 Å². The highest BCUT2D eigenvalue weighted by Crippen LogP contribution is 2.15. The van der Waals surface area contributed by atoms with Crippen LogP contribution in [-0.4, -0.2) is 65.6 Å². The number of anilines is 1. The van der Waals surface area contributed by atoms with Gasteiger partial charge in [-0.2, -0.15) is 0 Å². The number of ether oxygens (including phenoxy) is 2. The highest BCUT2D eigenvalue weighted by atomic mass is 16.6. The Bertz CT molecular complexity index is 807. The molecule has 1 aromatic carbocycles. The first-order valence-electron chi connectivity index (χ1n) is 9.22. The van der Waals surface area contributed by atoms with E-state index in [0.717, 1.165) is 5.56 Å². The fourth-order valence-corrected chi connectivity index (χ4v) is 2.89. The standard InChI is InChI=1S/C20H24N4O4/c1-15-5-3-6-17(13-15)28-16(2)19(26)27-14-18(25)23-9-11-24(12-10-23)20-21-7-4-8-22-20/h3-8,13,16H,9-12,14H2,1-2H3/t16-/m0/s1. The highest BCUT2D eigenvalue weighted by Gasteiger charge is 2.24. The Hall–Kier alpha value is -3.16. The lowest BCUT2D eigenvalue weighted by molar-refractivity contribution is -0.157. The van der Waals surface area contributed by atoms with Gasteiger partial charge >= 0.3 is 5.97 Å². The van der Waals surface area contributed by atoms with Crippen molar-refractivity contribution in [3.63, 3.8) is 0 Å². The summed E-state index contributed by atoms with van der Waals surface area (Å²) in [5.41, 5.74) is 1.04. The van der Waals surface area contributed by atoms with E-state index in [1.165, 1.54) is 0 Å². The second-order valence-corrected chi connectivity index (χ2v) is 6.60. The van der Waals surface area contributed by atoms with Crippen LogP contribution in [0.5, 0.6) is 5.75 Å². The second-order valence-electron chi connectivity index (χ2n) is 6.60. The van der Waals surface area contributed by atoms with E-state index in [4.69, 9.17) is 9.47 Å². The van der Waals surface area contributed by atoms with Crippen LogP contribution in [-0.2, 0) is 14.3 Å². The van der Waals surface area contributed by atoms with Crippen LogP contribution in [0, 0.1) is 6.92 Å². The van der Waals surface area contributed by atoms with Crippen LogP contribution in [0.25, 0.3) is 0 Å². The smallest absolute Gasteiger partial charge is 0.347 e. The molecule has 3 rings (SSSR count). The molecular formula is C20H24N4O4. The summed E-state index contributed by atoms with van der Waals surface area (Å²) >= 11 is 0. The van der Waals surface area contributed by atoms with Crippen molar-refractivity contribution < 1.29 is 19.1 Å². The largest absolute Gasteiger partial charge is 0.479 e. The first kappa shape index (κ1) is 19.6. The number of carbonyl (C=O) groups excluding carboxylic acids is 2. The molecule has 0 aliphatic carbocycles. The van der Waals surface area contributed by atoms with E-state index in [2.05, 4.69) is 9.97 Å². The van der Waals surface area contributed by atoms with Gasteiger partial charge in [-0.3, -0.25) is 4.79 Å². The topological polar surface area (TPSA) is 84.9 Å². The van der Waals surface area contributed by atoms with E-state index in [0.29, 0.717) is 37.9 Å². The minimum Gasteiger partial charge on any atom is -0.479 e. The molecule has 1 fully saturated rings. The zero-order valence-corrected chi connectivity index (χ0v) is 16.1. The number of aryl methyl sites for hydroxylation is 1. The van der Waals surface area contributed by atoms with Crippen LogP contribution >= 0.6 is 0 Å². The maximum Gasteiger partial charge on any atom is 0.347 e. The number of rotatable bonds is 6. The van der Waals surface area contributed by atoms with Gasteiger partial charge in [-0.05, 0) is 37.6 Å². The average molecular weight is 384 g/mol. The van der Waals surface area contributed by atoms with Gasteiger partial charge in [0.15, 0.2) is 12.7 Å². The summed E-state index contributed by atoms with van der Waals surface area (Å²) in [6, 6.07) is 9.18. The predicted molar refractivity (Wildman–Crippen MR) is 103 cm³/mol. The molecule has 0 saturated carbocycles. The number of benzene rings is 1. The minimum absolute atomic E-state index is 0.218. The summed E-state index contributed by atoms with van der Waals surface area (Å²) in [7, 11) is 0. The van der Waals surface area contributed by atoms with Crippen molar-refractivity contribution in [2.24, 2.45) is 0 Å². The number of amides is 1. The molecule has 1 aromatic heterocycles.